The van der Waals surface area contributed by atoms with Crippen molar-refractivity contribution in [1.29, 1.82) is 0 Å². The Hall–Kier alpha value is -3.32. The van der Waals surface area contributed by atoms with E-state index in [0.717, 1.165) is 52.6 Å². The number of fused-ring (bicyclic) bond motifs is 1. The predicted octanol–water partition coefficient (Wildman–Crippen LogP) is 5.70. The van der Waals surface area contributed by atoms with Crippen LogP contribution in [0.2, 0.25) is 0 Å². The Balaban J connectivity index is 1.45. The van der Waals surface area contributed by atoms with E-state index in [1.807, 2.05) is 42.5 Å². The first kappa shape index (κ1) is 22.9. The molecule has 1 amide bonds. The molecular formula is C26H29N5OS. The molecule has 0 unspecified atom stereocenters. The third-order valence-electron chi connectivity index (χ3n) is 5.68. The van der Waals surface area contributed by atoms with Crippen molar-refractivity contribution in [3.05, 3.63) is 66.7 Å². The summed E-state index contributed by atoms with van der Waals surface area (Å²) in [5, 5.41) is 14.7. The summed E-state index contributed by atoms with van der Waals surface area (Å²) in [4.78, 5) is 15.0. The summed E-state index contributed by atoms with van der Waals surface area (Å²) in [5.74, 6) is 1.02. The van der Waals surface area contributed by atoms with Gasteiger partial charge >= 0.3 is 0 Å². The lowest BCUT2D eigenvalue weighted by Gasteiger charge is -2.21. The Morgan fingerprint density at radius 2 is 1.67 bits per heavy atom. The molecular weight excluding hydrogens is 430 g/mol. The SMILES string of the molecule is CCN(CC)c1ccc(-c2nnc(SCC(=O)Nc3cccc4ccccc34)n2CC)cc1. The van der Waals surface area contributed by atoms with Gasteiger partial charge in [-0.15, -0.1) is 10.2 Å². The van der Waals surface area contributed by atoms with Crippen LogP contribution < -0.4 is 10.2 Å². The van der Waals surface area contributed by atoms with Crippen LogP contribution in [0.3, 0.4) is 0 Å². The first-order chi connectivity index (χ1) is 16.1. The molecule has 6 nitrogen and oxygen atoms in total. The highest BCUT2D eigenvalue weighted by Crippen LogP contribution is 2.27. The van der Waals surface area contributed by atoms with E-state index in [1.165, 1.54) is 17.4 Å². The number of benzene rings is 3. The fourth-order valence-corrected chi connectivity index (χ4v) is 4.76. The molecule has 7 heteroatoms. The summed E-state index contributed by atoms with van der Waals surface area (Å²) >= 11 is 1.40. The maximum atomic E-state index is 12.7. The molecule has 0 spiro atoms. The van der Waals surface area contributed by atoms with Gasteiger partial charge in [-0.05, 0) is 56.5 Å². The van der Waals surface area contributed by atoms with Crippen molar-refractivity contribution in [2.45, 2.75) is 32.5 Å². The number of carbonyl (C=O) groups excluding carboxylic acids is 1. The van der Waals surface area contributed by atoms with Crippen molar-refractivity contribution >= 4 is 39.8 Å². The lowest BCUT2D eigenvalue weighted by atomic mass is 10.1. The van der Waals surface area contributed by atoms with Crippen molar-refractivity contribution in [2.75, 3.05) is 29.1 Å². The third-order valence-corrected chi connectivity index (χ3v) is 6.65. The van der Waals surface area contributed by atoms with Crippen LogP contribution in [0.25, 0.3) is 22.2 Å². The van der Waals surface area contributed by atoms with Crippen LogP contribution in [0.4, 0.5) is 11.4 Å². The minimum atomic E-state index is -0.0628. The number of rotatable bonds is 9. The molecule has 4 rings (SSSR count). The summed E-state index contributed by atoms with van der Waals surface area (Å²) in [7, 11) is 0. The Morgan fingerprint density at radius 1 is 0.939 bits per heavy atom. The molecule has 0 aliphatic heterocycles. The molecule has 0 saturated heterocycles. The second-order valence-electron chi connectivity index (χ2n) is 7.63. The van der Waals surface area contributed by atoms with Gasteiger partial charge in [0.1, 0.15) is 0 Å². The Labute approximate surface area is 199 Å². The normalized spacial score (nSPS) is 11.0. The number of hydrogen-bond donors (Lipinski definition) is 1. The molecule has 0 atom stereocenters. The summed E-state index contributed by atoms with van der Waals surface area (Å²) in [6, 6.07) is 22.4. The van der Waals surface area contributed by atoms with Gasteiger partial charge in [-0.2, -0.15) is 0 Å². The zero-order valence-corrected chi connectivity index (χ0v) is 20.1. The molecule has 1 heterocycles. The van der Waals surface area contributed by atoms with Gasteiger partial charge in [0.2, 0.25) is 5.91 Å². The van der Waals surface area contributed by atoms with Gasteiger partial charge in [-0.25, -0.2) is 0 Å². The van der Waals surface area contributed by atoms with Gasteiger partial charge in [0.05, 0.1) is 5.75 Å². The minimum Gasteiger partial charge on any atom is -0.372 e. The number of nitrogens with zero attached hydrogens (tertiary/aromatic N) is 4. The van der Waals surface area contributed by atoms with Crippen LogP contribution in [-0.4, -0.2) is 39.5 Å². The first-order valence-electron chi connectivity index (χ1n) is 11.3. The van der Waals surface area contributed by atoms with E-state index in [-0.39, 0.29) is 11.7 Å². The van der Waals surface area contributed by atoms with Crippen LogP contribution in [0.15, 0.2) is 71.9 Å². The molecule has 4 aromatic rings. The van der Waals surface area contributed by atoms with Gasteiger partial charge in [-0.1, -0.05) is 48.2 Å². The molecule has 0 saturated carbocycles. The second-order valence-corrected chi connectivity index (χ2v) is 8.58. The van der Waals surface area contributed by atoms with Gasteiger partial charge in [0.25, 0.3) is 0 Å². The van der Waals surface area contributed by atoms with E-state index in [2.05, 4.69) is 70.0 Å². The molecule has 33 heavy (non-hydrogen) atoms. The number of amides is 1. The highest BCUT2D eigenvalue weighted by Gasteiger charge is 2.15. The lowest BCUT2D eigenvalue weighted by Crippen LogP contribution is -2.21. The molecule has 1 N–H and O–H groups in total. The van der Waals surface area contributed by atoms with Crippen molar-refractivity contribution < 1.29 is 4.79 Å². The first-order valence-corrected chi connectivity index (χ1v) is 12.3. The number of thioether (sulfide) groups is 1. The predicted molar refractivity (Wildman–Crippen MR) is 138 cm³/mol. The van der Waals surface area contributed by atoms with Gasteiger partial charge in [-0.3, -0.25) is 4.79 Å². The summed E-state index contributed by atoms with van der Waals surface area (Å²) in [5.41, 5.74) is 3.04. The minimum absolute atomic E-state index is 0.0628. The van der Waals surface area contributed by atoms with E-state index in [1.54, 1.807) is 0 Å². The Morgan fingerprint density at radius 3 is 2.39 bits per heavy atom. The molecule has 1 aromatic heterocycles. The van der Waals surface area contributed by atoms with Gasteiger partial charge in [0.15, 0.2) is 11.0 Å². The number of aromatic nitrogens is 3. The highest BCUT2D eigenvalue weighted by molar-refractivity contribution is 7.99. The van der Waals surface area contributed by atoms with E-state index in [4.69, 9.17) is 0 Å². The van der Waals surface area contributed by atoms with Crippen molar-refractivity contribution in [2.24, 2.45) is 0 Å². The zero-order chi connectivity index (χ0) is 23.2. The van der Waals surface area contributed by atoms with Gasteiger partial charge in [0, 0.05) is 42.0 Å². The summed E-state index contributed by atoms with van der Waals surface area (Å²) < 4.78 is 2.06. The Bertz CT molecular complexity index is 1230. The second kappa shape index (κ2) is 10.5. The standard InChI is InChI=1S/C26H29N5OS/c1-4-30(5-2)21-16-14-20(15-17-21)25-28-29-26(31(25)6-3)33-18-24(32)27-23-13-9-11-19-10-7-8-12-22(19)23/h7-17H,4-6,18H2,1-3H3,(H,27,32). The zero-order valence-electron chi connectivity index (χ0n) is 19.3. The quantitative estimate of drug-likeness (QED) is 0.326. The van der Waals surface area contributed by atoms with Crippen molar-refractivity contribution in [1.82, 2.24) is 14.8 Å². The largest absolute Gasteiger partial charge is 0.372 e. The fraction of sp³-hybridized carbons (Fsp3) is 0.269. The van der Waals surface area contributed by atoms with Gasteiger partial charge < -0.3 is 14.8 Å². The third kappa shape index (κ3) is 5.03. The van der Waals surface area contributed by atoms with Crippen molar-refractivity contribution in [3.63, 3.8) is 0 Å². The smallest absolute Gasteiger partial charge is 0.234 e. The lowest BCUT2D eigenvalue weighted by molar-refractivity contribution is -0.113. The molecule has 0 fully saturated rings. The molecule has 170 valence electrons. The maximum absolute atomic E-state index is 12.7. The molecule has 0 radical (unpaired) electrons. The number of anilines is 2. The molecule has 3 aromatic carbocycles. The molecule has 0 aliphatic carbocycles. The highest BCUT2D eigenvalue weighted by atomic mass is 32.2. The van der Waals surface area contributed by atoms with Crippen LogP contribution in [-0.2, 0) is 11.3 Å². The summed E-state index contributed by atoms with van der Waals surface area (Å²) in [6.45, 7) is 9.06. The van der Waals surface area contributed by atoms with E-state index in [9.17, 15) is 4.79 Å². The fourth-order valence-electron chi connectivity index (χ4n) is 3.95. The van der Waals surface area contributed by atoms with Crippen LogP contribution >= 0.6 is 11.8 Å². The summed E-state index contributed by atoms with van der Waals surface area (Å²) in [6.07, 6.45) is 0. The van der Waals surface area contributed by atoms with E-state index < -0.39 is 0 Å². The van der Waals surface area contributed by atoms with E-state index in [0.29, 0.717) is 0 Å². The van der Waals surface area contributed by atoms with E-state index >= 15 is 0 Å². The van der Waals surface area contributed by atoms with Crippen LogP contribution in [0, 0.1) is 0 Å². The Kier molecular flexibility index (Phi) is 7.29. The number of nitrogens with one attached hydrogen (secondary N) is 1. The topological polar surface area (TPSA) is 63.1 Å². The van der Waals surface area contributed by atoms with Crippen LogP contribution in [0.1, 0.15) is 20.8 Å². The molecule has 0 bridgehead atoms. The molecule has 0 aliphatic rings. The maximum Gasteiger partial charge on any atom is 0.234 e. The average Bonchev–Trinajstić information content (AvgIpc) is 3.27. The number of hydrogen-bond acceptors (Lipinski definition) is 5. The van der Waals surface area contributed by atoms with Crippen LogP contribution in [0.5, 0.6) is 0 Å². The average molecular weight is 460 g/mol. The van der Waals surface area contributed by atoms with Crippen molar-refractivity contribution in [3.8, 4) is 11.4 Å². The monoisotopic (exact) mass is 459 g/mol. The number of carbonyl (C=O) groups is 1.